The van der Waals surface area contributed by atoms with Gasteiger partial charge in [0.2, 0.25) is 17.7 Å². The molecule has 3 saturated heterocycles. The second kappa shape index (κ2) is 10.9. The first kappa shape index (κ1) is 27.3. The number of nitrogens with zero attached hydrogens (tertiary/aromatic N) is 4. The lowest BCUT2D eigenvalue weighted by Crippen LogP contribution is -2.55. The van der Waals surface area contributed by atoms with Gasteiger partial charge in [0.15, 0.2) is 0 Å². The molecule has 2 unspecified atom stereocenters. The maximum atomic E-state index is 14.1. The van der Waals surface area contributed by atoms with Crippen LogP contribution < -0.4 is 10.6 Å². The predicted molar refractivity (Wildman–Crippen MR) is 149 cm³/mol. The van der Waals surface area contributed by atoms with Crippen LogP contribution in [0.3, 0.4) is 0 Å². The van der Waals surface area contributed by atoms with E-state index in [1.54, 1.807) is 9.58 Å². The smallest absolute Gasteiger partial charge is 0.247 e. The average molecular weight is 561 g/mol. The Morgan fingerprint density at radius 3 is 2.61 bits per heavy atom. The molecule has 11 heteroatoms. The molecular weight excluding hydrogens is 524 g/mol. The van der Waals surface area contributed by atoms with Crippen LogP contribution >= 0.6 is 0 Å². The molecule has 2 bridgehead atoms. The SMILES string of the molecule is CC[C@@]12CCC3(O1)C(C(=O)NCn1nnc4ccccc41)N(CCCCO)C(=O)[C@@H]3[C@@H]2C(=O)NCc1ccccc1. The van der Waals surface area contributed by atoms with Crippen LogP contribution in [0.25, 0.3) is 11.0 Å². The third-order valence-electron chi connectivity index (χ3n) is 9.15. The molecule has 11 nitrogen and oxygen atoms in total. The highest BCUT2D eigenvalue weighted by molar-refractivity contribution is 5.99. The summed E-state index contributed by atoms with van der Waals surface area (Å²) in [5.74, 6) is -2.26. The molecule has 5 atom stereocenters. The average Bonchev–Trinajstić information content (AvgIpc) is 3.72. The number of hydrogen-bond acceptors (Lipinski definition) is 7. The Hall–Kier alpha value is -3.83. The summed E-state index contributed by atoms with van der Waals surface area (Å²) >= 11 is 0. The normalized spacial score (nSPS) is 28.3. The first-order valence-corrected chi connectivity index (χ1v) is 14.4. The summed E-state index contributed by atoms with van der Waals surface area (Å²) in [5, 5.41) is 23.7. The summed E-state index contributed by atoms with van der Waals surface area (Å²) in [6, 6.07) is 16.2. The quantitative estimate of drug-likeness (QED) is 0.304. The lowest BCUT2D eigenvalue weighted by Gasteiger charge is -2.34. The second-order valence-electron chi connectivity index (χ2n) is 11.3. The Bertz CT molecular complexity index is 1450. The van der Waals surface area contributed by atoms with Crippen molar-refractivity contribution in [3.05, 3.63) is 60.2 Å². The van der Waals surface area contributed by atoms with Gasteiger partial charge in [-0.3, -0.25) is 14.4 Å². The maximum Gasteiger partial charge on any atom is 0.247 e. The van der Waals surface area contributed by atoms with Crippen molar-refractivity contribution in [2.75, 3.05) is 13.2 Å². The number of aromatic nitrogens is 3. The Morgan fingerprint density at radius 1 is 1.05 bits per heavy atom. The highest BCUT2D eigenvalue weighted by Crippen LogP contribution is 2.64. The molecule has 3 aliphatic rings. The van der Waals surface area contributed by atoms with E-state index in [9.17, 15) is 19.5 Å². The summed E-state index contributed by atoms with van der Waals surface area (Å²) < 4.78 is 8.39. The number of amides is 3. The number of aliphatic hydroxyl groups excluding tert-OH is 1. The zero-order valence-corrected chi connectivity index (χ0v) is 23.2. The Kier molecular flexibility index (Phi) is 7.25. The maximum absolute atomic E-state index is 14.1. The number of unbranched alkanes of at least 4 members (excludes halogenated alkanes) is 1. The van der Waals surface area contributed by atoms with Gasteiger partial charge in [-0.05, 0) is 49.8 Å². The molecule has 1 aromatic heterocycles. The number of aliphatic hydroxyl groups is 1. The van der Waals surface area contributed by atoms with Crippen LogP contribution in [0, 0.1) is 11.8 Å². The molecule has 41 heavy (non-hydrogen) atoms. The molecule has 1 spiro atoms. The van der Waals surface area contributed by atoms with Gasteiger partial charge < -0.3 is 25.4 Å². The molecule has 6 rings (SSSR count). The van der Waals surface area contributed by atoms with E-state index in [0.29, 0.717) is 50.7 Å². The number of nitrogens with one attached hydrogen (secondary N) is 2. The van der Waals surface area contributed by atoms with Crippen molar-refractivity contribution in [1.82, 2.24) is 30.5 Å². The first-order chi connectivity index (χ1) is 19.9. The van der Waals surface area contributed by atoms with E-state index in [-0.39, 0.29) is 31.0 Å². The molecule has 3 fully saturated rings. The van der Waals surface area contributed by atoms with Crippen molar-refractivity contribution < 1.29 is 24.2 Å². The first-order valence-electron chi connectivity index (χ1n) is 14.4. The second-order valence-corrected chi connectivity index (χ2v) is 11.3. The van der Waals surface area contributed by atoms with E-state index in [1.807, 2.05) is 61.5 Å². The van der Waals surface area contributed by atoms with Crippen LogP contribution in [0.1, 0.15) is 44.6 Å². The van der Waals surface area contributed by atoms with Gasteiger partial charge in [0.1, 0.15) is 23.8 Å². The number of fused-ring (bicyclic) bond motifs is 2. The molecule has 0 saturated carbocycles. The molecule has 0 aliphatic carbocycles. The van der Waals surface area contributed by atoms with Gasteiger partial charge in [-0.15, -0.1) is 5.10 Å². The van der Waals surface area contributed by atoms with Gasteiger partial charge in [0.25, 0.3) is 0 Å². The van der Waals surface area contributed by atoms with Crippen LogP contribution in [0.5, 0.6) is 0 Å². The van der Waals surface area contributed by atoms with Crippen LogP contribution in [-0.2, 0) is 32.3 Å². The van der Waals surface area contributed by atoms with Crippen LogP contribution in [-0.4, -0.2) is 73.1 Å². The van der Waals surface area contributed by atoms with Crippen LogP contribution in [0.2, 0.25) is 0 Å². The Morgan fingerprint density at radius 2 is 1.83 bits per heavy atom. The number of rotatable bonds is 11. The third-order valence-corrected chi connectivity index (χ3v) is 9.15. The number of ether oxygens (including phenoxy) is 1. The van der Waals surface area contributed by atoms with E-state index in [1.165, 1.54) is 0 Å². The lowest BCUT2D eigenvalue weighted by atomic mass is 9.65. The van der Waals surface area contributed by atoms with Gasteiger partial charge in [-0.2, -0.15) is 0 Å². The minimum Gasteiger partial charge on any atom is -0.396 e. The Balaban J connectivity index is 1.28. The van der Waals surface area contributed by atoms with Gasteiger partial charge in [-0.25, -0.2) is 4.68 Å². The summed E-state index contributed by atoms with van der Waals surface area (Å²) in [6.45, 7) is 2.69. The molecule has 3 N–H and O–H groups in total. The summed E-state index contributed by atoms with van der Waals surface area (Å²) in [4.78, 5) is 43.5. The third kappa shape index (κ3) is 4.47. The van der Waals surface area contributed by atoms with Gasteiger partial charge >= 0.3 is 0 Å². The molecule has 3 aromatic rings. The predicted octanol–water partition coefficient (Wildman–Crippen LogP) is 1.75. The van der Waals surface area contributed by atoms with E-state index in [0.717, 1.165) is 11.1 Å². The number of carbonyl (C=O) groups excluding carboxylic acids is 3. The number of para-hydroxylation sites is 1. The zero-order valence-electron chi connectivity index (χ0n) is 23.2. The molecular formula is C30H36N6O5. The molecule has 4 heterocycles. The molecule has 2 aromatic carbocycles. The highest BCUT2D eigenvalue weighted by atomic mass is 16.5. The summed E-state index contributed by atoms with van der Waals surface area (Å²) in [7, 11) is 0. The van der Waals surface area contributed by atoms with Gasteiger partial charge in [0, 0.05) is 19.7 Å². The van der Waals surface area contributed by atoms with Crippen molar-refractivity contribution >= 4 is 28.8 Å². The van der Waals surface area contributed by atoms with Gasteiger partial charge in [-0.1, -0.05) is 54.6 Å². The number of likely N-dealkylation sites (tertiary alicyclic amines) is 1. The van der Waals surface area contributed by atoms with Crippen molar-refractivity contribution in [2.24, 2.45) is 11.8 Å². The molecule has 216 valence electrons. The number of benzene rings is 2. The summed E-state index contributed by atoms with van der Waals surface area (Å²) in [5.41, 5.74) is 0.555. The van der Waals surface area contributed by atoms with E-state index < -0.39 is 29.1 Å². The summed E-state index contributed by atoms with van der Waals surface area (Å²) in [6.07, 6.45) is 2.71. The Labute approximate surface area is 238 Å². The lowest BCUT2D eigenvalue weighted by molar-refractivity contribution is -0.148. The standard InChI is InChI=1S/C30H36N6O5/c1-2-29-14-15-30(41-29)24(23(29)26(38)31-18-20-10-4-3-5-11-20)28(40)35(16-8-9-17-37)25(30)27(39)32-19-36-22-13-7-6-12-21(22)33-34-36/h3-7,10-13,23-25,37H,2,8-9,14-19H2,1H3,(H,31,38)(H,32,39)/t23-,24+,25?,29+,30?/m1/s1. The molecule has 0 radical (unpaired) electrons. The fraction of sp³-hybridized carbons (Fsp3) is 0.500. The van der Waals surface area contributed by atoms with Crippen molar-refractivity contribution in [3.8, 4) is 0 Å². The van der Waals surface area contributed by atoms with Crippen LogP contribution in [0.15, 0.2) is 54.6 Å². The minimum atomic E-state index is -1.10. The fourth-order valence-corrected chi connectivity index (χ4v) is 7.23. The molecule has 3 aliphatic heterocycles. The molecule has 3 amide bonds. The highest BCUT2D eigenvalue weighted by Gasteiger charge is 2.78. The monoisotopic (exact) mass is 560 g/mol. The van der Waals surface area contributed by atoms with E-state index >= 15 is 0 Å². The minimum absolute atomic E-state index is 0.00714. The van der Waals surface area contributed by atoms with Crippen LogP contribution in [0.4, 0.5) is 0 Å². The van der Waals surface area contributed by atoms with Gasteiger partial charge in [0.05, 0.1) is 23.0 Å². The zero-order chi connectivity index (χ0) is 28.6. The number of hydrogen-bond donors (Lipinski definition) is 3. The van der Waals surface area contributed by atoms with Crippen molar-refractivity contribution in [1.29, 1.82) is 0 Å². The van der Waals surface area contributed by atoms with E-state index in [4.69, 9.17) is 4.74 Å². The van der Waals surface area contributed by atoms with E-state index in [2.05, 4.69) is 20.9 Å². The topological polar surface area (TPSA) is 139 Å². The fourth-order valence-electron chi connectivity index (χ4n) is 7.23. The van der Waals surface area contributed by atoms with Crippen molar-refractivity contribution in [2.45, 2.75) is 69.5 Å². The van der Waals surface area contributed by atoms with Crippen molar-refractivity contribution in [3.63, 3.8) is 0 Å². The number of carbonyl (C=O) groups is 3. The largest absolute Gasteiger partial charge is 0.396 e.